The summed E-state index contributed by atoms with van der Waals surface area (Å²) in [5.41, 5.74) is 1.79. The van der Waals surface area contributed by atoms with Crippen LogP contribution in [-0.4, -0.2) is 23.8 Å². The molecule has 0 saturated heterocycles. The highest BCUT2D eigenvalue weighted by Crippen LogP contribution is 2.35. The van der Waals surface area contributed by atoms with Crippen LogP contribution in [0.1, 0.15) is 18.1 Å². The van der Waals surface area contributed by atoms with E-state index in [-0.39, 0.29) is 16.4 Å². The van der Waals surface area contributed by atoms with Crippen molar-refractivity contribution in [2.45, 2.75) is 26.9 Å². The van der Waals surface area contributed by atoms with E-state index in [4.69, 9.17) is 16.3 Å². The number of hydrogen-bond acceptors (Lipinski definition) is 5. The van der Waals surface area contributed by atoms with Crippen LogP contribution < -0.4 is 20.1 Å². The highest BCUT2D eigenvalue weighted by molar-refractivity contribution is 6.34. The molecular weight excluding hydrogens is 511 g/mol. The Labute approximate surface area is 207 Å². The van der Waals surface area contributed by atoms with Crippen LogP contribution in [0.3, 0.4) is 0 Å². The molecule has 36 heavy (non-hydrogen) atoms. The Balaban J connectivity index is 1.66. The van der Waals surface area contributed by atoms with Crippen molar-refractivity contribution in [3.8, 4) is 17.2 Å². The largest absolute Gasteiger partial charge is 0.506 e. The zero-order valence-electron chi connectivity index (χ0n) is 19.1. The molecule has 12 heteroatoms. The van der Waals surface area contributed by atoms with Crippen LogP contribution in [0.25, 0.3) is 0 Å². The molecule has 3 aromatic carbocycles. The van der Waals surface area contributed by atoms with Crippen molar-refractivity contribution in [3.63, 3.8) is 0 Å². The van der Waals surface area contributed by atoms with Gasteiger partial charge in [0.1, 0.15) is 11.5 Å². The number of anilines is 2. The zero-order chi connectivity index (χ0) is 26.7. The van der Waals surface area contributed by atoms with Gasteiger partial charge in [0.05, 0.1) is 16.4 Å². The normalized spacial score (nSPS) is 11.7. The van der Waals surface area contributed by atoms with Crippen LogP contribution in [0.2, 0.25) is 5.02 Å². The molecule has 3 N–H and O–H groups in total. The molecule has 1 atom stereocenters. The summed E-state index contributed by atoms with van der Waals surface area (Å²) in [6, 6.07) is 7.72. The molecule has 0 radical (unpaired) electrons. The summed E-state index contributed by atoms with van der Waals surface area (Å²) in [6.45, 7) is 4.48. The molecule has 0 heterocycles. The first-order valence-electron chi connectivity index (χ1n) is 10.4. The maximum atomic E-state index is 13.7. The highest BCUT2D eigenvalue weighted by atomic mass is 35.5. The number of phenolic OH excluding ortho intramolecular Hbond substituents is 1. The van der Waals surface area contributed by atoms with Gasteiger partial charge >= 0.3 is 0 Å². The molecular formula is C24H20ClF5N2O4. The number of phenols is 1. The lowest BCUT2D eigenvalue weighted by molar-refractivity contribution is -0.122. The molecule has 0 aliphatic carbocycles. The van der Waals surface area contributed by atoms with E-state index >= 15 is 0 Å². The average Bonchev–Trinajstić information content (AvgIpc) is 2.83. The van der Waals surface area contributed by atoms with E-state index in [1.807, 2.05) is 26.0 Å². The Hall–Kier alpha value is -3.73. The van der Waals surface area contributed by atoms with Gasteiger partial charge in [-0.1, -0.05) is 29.3 Å². The lowest BCUT2D eigenvalue weighted by Crippen LogP contribution is -2.30. The van der Waals surface area contributed by atoms with Gasteiger partial charge < -0.3 is 25.2 Å². The van der Waals surface area contributed by atoms with Crippen molar-refractivity contribution in [1.82, 2.24) is 0 Å². The topological polar surface area (TPSA) is 79.8 Å². The van der Waals surface area contributed by atoms with Crippen LogP contribution in [-0.2, 0) is 4.79 Å². The lowest BCUT2D eigenvalue weighted by atomic mass is 10.1. The number of carbonyl (C=O) groups is 1. The molecule has 1 amide bonds. The number of ether oxygens (including phenoxy) is 2. The first-order chi connectivity index (χ1) is 16.9. The Bertz CT molecular complexity index is 1290. The standard InChI is InChI=1S/C24H20ClF5N2O4/c1-10-4-5-17(11(2)6-10)36-12(3)24(34)32-14-8-16(33)15(7-13(14)25)31-9-35-23-21(29)19(27)18(26)20(28)22(23)30/h4-8,12,31,33H,9H2,1-3H3,(H,32,34). The summed E-state index contributed by atoms with van der Waals surface area (Å²) < 4.78 is 77.4. The minimum absolute atomic E-state index is 0.0291. The minimum atomic E-state index is -2.32. The fourth-order valence-corrected chi connectivity index (χ4v) is 3.32. The van der Waals surface area contributed by atoms with Crippen molar-refractivity contribution in [2.24, 2.45) is 0 Å². The summed E-state index contributed by atoms with van der Waals surface area (Å²) in [5, 5.41) is 15.1. The fourth-order valence-electron chi connectivity index (χ4n) is 3.11. The van der Waals surface area contributed by atoms with Gasteiger partial charge in [-0.3, -0.25) is 4.79 Å². The van der Waals surface area contributed by atoms with Crippen molar-refractivity contribution in [3.05, 3.63) is 75.6 Å². The van der Waals surface area contributed by atoms with Crippen LogP contribution in [0.5, 0.6) is 17.2 Å². The molecule has 192 valence electrons. The molecule has 0 saturated carbocycles. The minimum Gasteiger partial charge on any atom is -0.506 e. The van der Waals surface area contributed by atoms with Crippen LogP contribution in [0, 0.1) is 42.9 Å². The SMILES string of the molecule is Cc1ccc(OC(C)C(=O)Nc2cc(O)c(NCOc3c(F)c(F)c(F)c(F)c3F)cc2Cl)c(C)c1. The van der Waals surface area contributed by atoms with Gasteiger partial charge in [0.2, 0.25) is 29.1 Å². The summed E-state index contributed by atoms with van der Waals surface area (Å²) in [6.07, 6.45) is -0.919. The molecule has 3 rings (SSSR count). The Kier molecular flexibility index (Phi) is 8.13. The Morgan fingerprint density at radius 2 is 1.58 bits per heavy atom. The number of benzene rings is 3. The van der Waals surface area contributed by atoms with Gasteiger partial charge in [0.25, 0.3) is 5.91 Å². The number of hydrogen-bond donors (Lipinski definition) is 3. The predicted octanol–water partition coefficient (Wildman–Crippen LogP) is 6.21. The third-order valence-electron chi connectivity index (χ3n) is 5.00. The smallest absolute Gasteiger partial charge is 0.265 e. The number of halogens is 6. The molecule has 0 aromatic heterocycles. The number of aryl methyl sites for hydroxylation is 2. The van der Waals surface area contributed by atoms with Gasteiger partial charge in [-0.05, 0) is 38.5 Å². The molecule has 0 spiro atoms. The van der Waals surface area contributed by atoms with Crippen LogP contribution in [0.15, 0.2) is 30.3 Å². The van der Waals surface area contributed by atoms with E-state index in [0.717, 1.165) is 23.3 Å². The average molecular weight is 531 g/mol. The van der Waals surface area contributed by atoms with Crippen LogP contribution in [0.4, 0.5) is 33.3 Å². The van der Waals surface area contributed by atoms with Crippen molar-refractivity contribution in [2.75, 3.05) is 17.4 Å². The molecule has 0 fully saturated rings. The monoisotopic (exact) mass is 530 g/mol. The number of aromatic hydroxyl groups is 1. The van der Waals surface area contributed by atoms with E-state index in [9.17, 15) is 31.9 Å². The van der Waals surface area contributed by atoms with Gasteiger partial charge in [-0.2, -0.15) is 8.78 Å². The van der Waals surface area contributed by atoms with Crippen molar-refractivity contribution in [1.29, 1.82) is 0 Å². The predicted molar refractivity (Wildman–Crippen MR) is 123 cm³/mol. The maximum Gasteiger partial charge on any atom is 0.265 e. The molecule has 6 nitrogen and oxygen atoms in total. The summed E-state index contributed by atoms with van der Waals surface area (Å²) in [7, 11) is 0. The molecule has 0 aliphatic heterocycles. The second-order valence-corrected chi connectivity index (χ2v) is 8.14. The summed E-state index contributed by atoms with van der Waals surface area (Å²) >= 11 is 6.15. The quantitative estimate of drug-likeness (QED) is 0.106. The first-order valence-corrected chi connectivity index (χ1v) is 10.7. The van der Waals surface area contributed by atoms with Crippen molar-refractivity contribution >= 4 is 28.9 Å². The second-order valence-electron chi connectivity index (χ2n) is 7.73. The van der Waals surface area contributed by atoms with Crippen LogP contribution >= 0.6 is 11.6 Å². The third-order valence-corrected chi connectivity index (χ3v) is 5.31. The third kappa shape index (κ3) is 5.73. The van der Waals surface area contributed by atoms with Gasteiger partial charge in [0, 0.05) is 6.07 Å². The summed E-state index contributed by atoms with van der Waals surface area (Å²) in [5.74, 6) is -12.9. The van der Waals surface area contributed by atoms with Gasteiger partial charge in [0.15, 0.2) is 18.6 Å². The molecule has 1 unspecified atom stereocenters. The second kappa shape index (κ2) is 10.9. The van der Waals surface area contributed by atoms with Gasteiger partial charge in [-0.15, -0.1) is 0 Å². The molecule has 0 aliphatic rings. The van der Waals surface area contributed by atoms with Gasteiger partial charge in [-0.25, -0.2) is 13.2 Å². The van der Waals surface area contributed by atoms with E-state index < -0.39 is 59.3 Å². The molecule has 3 aromatic rings. The number of carbonyl (C=O) groups excluding carboxylic acids is 1. The van der Waals surface area contributed by atoms with E-state index in [1.54, 1.807) is 6.07 Å². The number of rotatable bonds is 8. The fraction of sp³-hybridized carbons (Fsp3) is 0.208. The van der Waals surface area contributed by atoms with E-state index in [0.29, 0.717) is 5.75 Å². The lowest BCUT2D eigenvalue weighted by Gasteiger charge is -2.18. The number of nitrogens with one attached hydrogen (secondary N) is 2. The summed E-state index contributed by atoms with van der Waals surface area (Å²) in [4.78, 5) is 12.5. The molecule has 0 bridgehead atoms. The first kappa shape index (κ1) is 26.9. The van der Waals surface area contributed by atoms with E-state index in [2.05, 4.69) is 15.4 Å². The number of amides is 1. The Morgan fingerprint density at radius 3 is 2.19 bits per heavy atom. The maximum absolute atomic E-state index is 13.7. The van der Waals surface area contributed by atoms with Crippen molar-refractivity contribution < 1.29 is 41.3 Å². The zero-order valence-corrected chi connectivity index (χ0v) is 19.9. The highest BCUT2D eigenvalue weighted by Gasteiger charge is 2.27. The Morgan fingerprint density at radius 1 is 0.972 bits per heavy atom. The van der Waals surface area contributed by atoms with E-state index in [1.165, 1.54) is 6.92 Å².